The van der Waals surface area contributed by atoms with Gasteiger partial charge in [0.15, 0.2) is 0 Å². The van der Waals surface area contributed by atoms with Crippen molar-refractivity contribution in [1.82, 2.24) is 0 Å². The highest BCUT2D eigenvalue weighted by Crippen LogP contribution is 2.24. The fourth-order valence-corrected chi connectivity index (χ4v) is 1.64. The number of anilines is 2. The third-order valence-corrected chi connectivity index (χ3v) is 2.42. The number of urea groups is 1. The number of ether oxygens (including phenoxy) is 2. The van der Waals surface area contributed by atoms with Gasteiger partial charge < -0.3 is 20.5 Å². The molecule has 0 radical (unpaired) electrons. The molecule has 0 fully saturated rings. The molecule has 8 nitrogen and oxygen atoms in total. The van der Waals surface area contributed by atoms with E-state index in [0.717, 1.165) is 0 Å². The molecule has 0 aromatic heterocycles. The number of rotatable bonds is 4. The number of nitrogens with two attached hydrogens (primary N) is 1. The molecule has 1 aromatic carbocycles. The van der Waals surface area contributed by atoms with Gasteiger partial charge in [-0.05, 0) is 45.9 Å². The second-order valence-electron chi connectivity index (χ2n) is 5.60. The summed E-state index contributed by atoms with van der Waals surface area (Å²) in [5, 5.41) is 4.83. The van der Waals surface area contributed by atoms with Gasteiger partial charge in [-0.3, -0.25) is 5.32 Å². The summed E-state index contributed by atoms with van der Waals surface area (Å²) in [4.78, 5) is 34.7. The molecule has 0 bridgehead atoms. The molecule has 1 aromatic rings. The van der Waals surface area contributed by atoms with E-state index in [-0.39, 0.29) is 23.5 Å². The van der Waals surface area contributed by atoms with Crippen molar-refractivity contribution >= 4 is 29.5 Å². The Morgan fingerprint density at radius 2 is 1.78 bits per heavy atom. The van der Waals surface area contributed by atoms with Crippen LogP contribution in [0.2, 0.25) is 0 Å². The van der Waals surface area contributed by atoms with E-state index in [4.69, 9.17) is 15.2 Å². The molecule has 0 spiro atoms. The molecule has 1 rings (SSSR count). The Bertz CT molecular complexity index is 608. The van der Waals surface area contributed by atoms with Crippen LogP contribution in [-0.4, -0.2) is 30.3 Å². The molecule has 3 amide bonds. The summed E-state index contributed by atoms with van der Waals surface area (Å²) in [5.74, 6) is -0.551. The maximum Gasteiger partial charge on any atom is 0.412 e. The van der Waals surface area contributed by atoms with Gasteiger partial charge in [-0.25, -0.2) is 14.4 Å². The van der Waals surface area contributed by atoms with Crippen LogP contribution in [0.3, 0.4) is 0 Å². The Hall–Kier alpha value is -2.77. The molecule has 0 aliphatic rings. The maximum absolute atomic E-state index is 11.9. The van der Waals surface area contributed by atoms with Crippen molar-refractivity contribution in [3.8, 4) is 0 Å². The summed E-state index contributed by atoms with van der Waals surface area (Å²) in [6, 6.07) is 3.45. The Morgan fingerprint density at radius 1 is 1.13 bits per heavy atom. The minimum absolute atomic E-state index is 0.170. The quantitative estimate of drug-likeness (QED) is 0.736. The highest BCUT2D eigenvalue weighted by molar-refractivity contribution is 5.99. The molecule has 0 aliphatic heterocycles. The minimum Gasteiger partial charge on any atom is -0.462 e. The lowest BCUT2D eigenvalue weighted by atomic mass is 10.1. The number of benzene rings is 1. The smallest absolute Gasteiger partial charge is 0.412 e. The zero-order chi connectivity index (χ0) is 17.6. The van der Waals surface area contributed by atoms with Crippen LogP contribution < -0.4 is 16.4 Å². The fourth-order valence-electron chi connectivity index (χ4n) is 1.64. The lowest BCUT2D eigenvalue weighted by Gasteiger charge is -2.20. The third-order valence-electron chi connectivity index (χ3n) is 2.42. The van der Waals surface area contributed by atoms with Crippen molar-refractivity contribution in [2.45, 2.75) is 33.3 Å². The Morgan fingerprint density at radius 3 is 2.30 bits per heavy atom. The molecule has 8 heteroatoms. The molecule has 0 saturated carbocycles. The lowest BCUT2D eigenvalue weighted by Crippen LogP contribution is -2.28. The topological polar surface area (TPSA) is 120 Å². The standard InChI is InChI=1S/C15H21N3O5/c1-5-22-12(19)9-6-7-10(17-13(16)20)11(8-9)18-14(21)23-15(2,3)4/h6-8H,5H2,1-4H3,(H,18,21)(H3,16,17,20). The van der Waals surface area contributed by atoms with Gasteiger partial charge in [0.2, 0.25) is 0 Å². The average molecular weight is 323 g/mol. The molecule has 0 heterocycles. The van der Waals surface area contributed by atoms with Crippen molar-refractivity contribution in [3.05, 3.63) is 23.8 Å². The van der Waals surface area contributed by atoms with E-state index in [1.54, 1.807) is 27.7 Å². The van der Waals surface area contributed by atoms with E-state index in [2.05, 4.69) is 10.6 Å². The first-order valence-electron chi connectivity index (χ1n) is 7.00. The van der Waals surface area contributed by atoms with E-state index >= 15 is 0 Å². The van der Waals surface area contributed by atoms with Crippen LogP contribution in [0.4, 0.5) is 21.0 Å². The molecule has 23 heavy (non-hydrogen) atoms. The molecule has 0 aliphatic carbocycles. The van der Waals surface area contributed by atoms with Gasteiger partial charge in [-0.15, -0.1) is 0 Å². The van der Waals surface area contributed by atoms with Gasteiger partial charge in [-0.1, -0.05) is 0 Å². The fraction of sp³-hybridized carbons (Fsp3) is 0.400. The summed E-state index contributed by atoms with van der Waals surface area (Å²) in [6.45, 7) is 7.04. The van der Waals surface area contributed by atoms with Crippen LogP contribution in [-0.2, 0) is 9.47 Å². The van der Waals surface area contributed by atoms with E-state index in [1.165, 1.54) is 18.2 Å². The summed E-state index contributed by atoms with van der Waals surface area (Å²) in [7, 11) is 0. The predicted octanol–water partition coefficient (Wildman–Crippen LogP) is 2.70. The number of carbonyl (C=O) groups is 3. The van der Waals surface area contributed by atoms with Crippen LogP contribution >= 0.6 is 0 Å². The van der Waals surface area contributed by atoms with Crippen LogP contribution in [0.5, 0.6) is 0 Å². The van der Waals surface area contributed by atoms with Crippen molar-refractivity contribution in [2.24, 2.45) is 5.73 Å². The zero-order valence-corrected chi connectivity index (χ0v) is 13.6. The summed E-state index contributed by atoms with van der Waals surface area (Å²) in [5.41, 5.74) is 5.01. The highest BCUT2D eigenvalue weighted by atomic mass is 16.6. The molecular weight excluding hydrogens is 302 g/mol. The van der Waals surface area contributed by atoms with Crippen LogP contribution in [0.25, 0.3) is 0 Å². The molecule has 126 valence electrons. The van der Waals surface area contributed by atoms with Crippen molar-refractivity contribution in [2.75, 3.05) is 17.2 Å². The van der Waals surface area contributed by atoms with Crippen LogP contribution in [0.15, 0.2) is 18.2 Å². The Kier molecular flexibility index (Phi) is 5.94. The zero-order valence-electron chi connectivity index (χ0n) is 13.6. The van der Waals surface area contributed by atoms with Crippen molar-refractivity contribution in [3.63, 3.8) is 0 Å². The van der Waals surface area contributed by atoms with Gasteiger partial charge in [0, 0.05) is 0 Å². The first-order valence-corrected chi connectivity index (χ1v) is 7.00. The second kappa shape index (κ2) is 7.48. The largest absolute Gasteiger partial charge is 0.462 e. The first-order chi connectivity index (χ1) is 10.6. The number of hydrogen-bond donors (Lipinski definition) is 3. The number of nitrogens with one attached hydrogen (secondary N) is 2. The number of carbonyl (C=O) groups excluding carboxylic acids is 3. The number of primary amides is 1. The number of hydrogen-bond acceptors (Lipinski definition) is 5. The van der Waals surface area contributed by atoms with Gasteiger partial charge in [-0.2, -0.15) is 0 Å². The SMILES string of the molecule is CCOC(=O)c1ccc(NC(N)=O)c(NC(=O)OC(C)(C)C)c1. The van der Waals surface area contributed by atoms with Crippen LogP contribution in [0, 0.1) is 0 Å². The molecular formula is C15H21N3O5. The van der Waals surface area contributed by atoms with E-state index in [0.29, 0.717) is 0 Å². The third kappa shape index (κ3) is 6.25. The summed E-state index contributed by atoms with van der Waals surface area (Å²) >= 11 is 0. The van der Waals surface area contributed by atoms with Gasteiger partial charge in [0.05, 0.1) is 23.5 Å². The minimum atomic E-state index is -0.805. The number of esters is 1. The lowest BCUT2D eigenvalue weighted by molar-refractivity contribution is 0.0524. The van der Waals surface area contributed by atoms with E-state index in [9.17, 15) is 14.4 Å². The van der Waals surface area contributed by atoms with Crippen molar-refractivity contribution < 1.29 is 23.9 Å². The molecule has 0 unspecified atom stereocenters. The number of amides is 3. The predicted molar refractivity (Wildman–Crippen MR) is 85.5 cm³/mol. The molecule has 0 atom stereocenters. The summed E-state index contributed by atoms with van der Waals surface area (Å²) in [6.07, 6.45) is -0.731. The average Bonchev–Trinajstić information content (AvgIpc) is 2.38. The van der Waals surface area contributed by atoms with Crippen molar-refractivity contribution in [1.29, 1.82) is 0 Å². The Balaban J connectivity index is 3.07. The monoisotopic (exact) mass is 323 g/mol. The summed E-state index contributed by atoms with van der Waals surface area (Å²) < 4.78 is 10.0. The second-order valence-corrected chi connectivity index (χ2v) is 5.60. The Labute approximate surface area is 134 Å². The van der Waals surface area contributed by atoms with E-state index < -0.39 is 23.7 Å². The van der Waals surface area contributed by atoms with Gasteiger partial charge in [0.1, 0.15) is 5.60 Å². The van der Waals surface area contributed by atoms with Crippen LogP contribution in [0.1, 0.15) is 38.1 Å². The van der Waals surface area contributed by atoms with Gasteiger partial charge in [0.25, 0.3) is 0 Å². The highest BCUT2D eigenvalue weighted by Gasteiger charge is 2.19. The maximum atomic E-state index is 11.9. The normalized spacial score (nSPS) is 10.6. The molecule has 0 saturated heterocycles. The van der Waals surface area contributed by atoms with E-state index in [1.807, 2.05) is 0 Å². The molecule has 4 N–H and O–H groups in total. The first kappa shape index (κ1) is 18.3. The van der Waals surface area contributed by atoms with Gasteiger partial charge >= 0.3 is 18.1 Å².